The van der Waals surface area contributed by atoms with Gasteiger partial charge in [-0.25, -0.2) is 4.98 Å². The molecular weight excluding hydrogens is 261 g/mol. The first-order chi connectivity index (χ1) is 8.51. The second-order valence-electron chi connectivity index (χ2n) is 5.14. The molecule has 2 fully saturated rings. The van der Waals surface area contributed by atoms with Crippen LogP contribution in [0.2, 0.25) is 0 Å². The molecule has 0 unspecified atom stereocenters. The minimum absolute atomic E-state index is 0.219. The van der Waals surface area contributed by atoms with E-state index in [9.17, 15) is 13.2 Å². The van der Waals surface area contributed by atoms with Crippen molar-refractivity contribution in [3.8, 4) is 0 Å². The van der Waals surface area contributed by atoms with Crippen molar-refractivity contribution >= 4 is 11.3 Å². The van der Waals surface area contributed by atoms with E-state index in [1.807, 2.05) is 0 Å². The van der Waals surface area contributed by atoms with Gasteiger partial charge in [0.05, 0.1) is 12.1 Å². The summed E-state index contributed by atoms with van der Waals surface area (Å²) >= 11 is 1.23. The molecule has 1 heterocycles. The molecule has 0 atom stereocenters. The molecule has 2 saturated carbocycles. The van der Waals surface area contributed by atoms with Gasteiger partial charge in [-0.3, -0.25) is 0 Å². The highest BCUT2D eigenvalue weighted by atomic mass is 32.1. The molecule has 1 aromatic rings. The van der Waals surface area contributed by atoms with E-state index < -0.39 is 12.6 Å². The van der Waals surface area contributed by atoms with Crippen LogP contribution in [0.4, 0.5) is 13.2 Å². The van der Waals surface area contributed by atoms with E-state index in [2.05, 4.69) is 10.3 Å². The smallest absolute Gasteiger partial charge is 0.309 e. The van der Waals surface area contributed by atoms with E-state index in [1.54, 1.807) is 0 Å². The van der Waals surface area contributed by atoms with Crippen molar-refractivity contribution in [1.82, 2.24) is 10.3 Å². The lowest BCUT2D eigenvalue weighted by molar-refractivity contribution is -0.127. The van der Waals surface area contributed by atoms with Gasteiger partial charge in [0.15, 0.2) is 0 Å². The van der Waals surface area contributed by atoms with Gasteiger partial charge in [0.1, 0.15) is 5.01 Å². The van der Waals surface area contributed by atoms with Crippen LogP contribution >= 0.6 is 11.3 Å². The van der Waals surface area contributed by atoms with Crippen molar-refractivity contribution in [2.45, 2.75) is 56.8 Å². The summed E-state index contributed by atoms with van der Waals surface area (Å²) in [5, 5.41) is 3.58. The molecule has 0 aliphatic heterocycles. The molecule has 1 aromatic heterocycles. The molecule has 0 radical (unpaired) electrons. The average molecular weight is 276 g/mol. The number of rotatable bonds is 5. The SMILES string of the molecule is FC(F)(F)Cc1nc(C2CC2)c(CNC2CC2)s1. The van der Waals surface area contributed by atoms with E-state index in [0.29, 0.717) is 18.5 Å². The highest BCUT2D eigenvalue weighted by Gasteiger charge is 2.34. The van der Waals surface area contributed by atoms with Crippen LogP contribution in [-0.2, 0) is 13.0 Å². The highest BCUT2D eigenvalue weighted by Crippen LogP contribution is 2.43. The molecule has 3 rings (SSSR count). The van der Waals surface area contributed by atoms with Gasteiger partial charge in [-0.2, -0.15) is 13.2 Å². The first-order valence-corrected chi connectivity index (χ1v) is 7.11. The van der Waals surface area contributed by atoms with Crippen LogP contribution in [0.1, 0.15) is 47.2 Å². The van der Waals surface area contributed by atoms with Crippen LogP contribution in [0.3, 0.4) is 0 Å². The van der Waals surface area contributed by atoms with Gasteiger partial charge >= 0.3 is 6.18 Å². The third-order valence-electron chi connectivity index (χ3n) is 3.22. The van der Waals surface area contributed by atoms with E-state index in [0.717, 1.165) is 23.4 Å². The Morgan fingerprint density at radius 2 is 1.94 bits per heavy atom. The molecule has 6 heteroatoms. The van der Waals surface area contributed by atoms with Crippen LogP contribution in [-0.4, -0.2) is 17.2 Å². The lowest BCUT2D eigenvalue weighted by Crippen LogP contribution is -2.15. The van der Waals surface area contributed by atoms with Crippen molar-refractivity contribution in [3.05, 3.63) is 15.6 Å². The maximum absolute atomic E-state index is 12.4. The molecule has 2 aliphatic carbocycles. The summed E-state index contributed by atoms with van der Waals surface area (Å²) < 4.78 is 37.1. The van der Waals surface area contributed by atoms with Crippen molar-refractivity contribution in [2.24, 2.45) is 0 Å². The van der Waals surface area contributed by atoms with Gasteiger partial charge < -0.3 is 5.32 Å². The Bertz CT molecular complexity index is 433. The summed E-state index contributed by atoms with van der Waals surface area (Å²) in [6.07, 6.45) is -0.516. The predicted octanol–water partition coefficient (Wildman–Crippen LogP) is 3.38. The van der Waals surface area contributed by atoms with Crippen LogP contribution in [0, 0.1) is 0 Å². The fraction of sp³-hybridized carbons (Fsp3) is 0.750. The third-order valence-corrected chi connectivity index (χ3v) is 4.29. The summed E-state index contributed by atoms with van der Waals surface area (Å²) in [4.78, 5) is 5.23. The van der Waals surface area contributed by atoms with Gasteiger partial charge in [-0.05, 0) is 25.7 Å². The van der Waals surface area contributed by atoms with Gasteiger partial charge in [-0.1, -0.05) is 0 Å². The van der Waals surface area contributed by atoms with Crippen LogP contribution in [0.15, 0.2) is 0 Å². The normalized spacial score (nSPS) is 20.4. The Morgan fingerprint density at radius 3 is 2.50 bits per heavy atom. The van der Waals surface area contributed by atoms with Gasteiger partial charge in [-0.15, -0.1) is 11.3 Å². The Labute approximate surface area is 108 Å². The van der Waals surface area contributed by atoms with E-state index in [1.165, 1.54) is 24.2 Å². The first-order valence-electron chi connectivity index (χ1n) is 6.30. The zero-order valence-electron chi connectivity index (χ0n) is 9.89. The number of hydrogen-bond acceptors (Lipinski definition) is 3. The second-order valence-corrected chi connectivity index (χ2v) is 6.31. The molecule has 0 amide bonds. The van der Waals surface area contributed by atoms with Crippen molar-refractivity contribution in [2.75, 3.05) is 0 Å². The highest BCUT2D eigenvalue weighted by molar-refractivity contribution is 7.11. The predicted molar refractivity (Wildman–Crippen MR) is 63.7 cm³/mol. The number of halogens is 3. The Kier molecular flexibility index (Phi) is 3.10. The van der Waals surface area contributed by atoms with E-state index in [4.69, 9.17) is 0 Å². The Morgan fingerprint density at radius 1 is 1.22 bits per heavy atom. The quantitative estimate of drug-likeness (QED) is 0.891. The molecule has 2 nitrogen and oxygen atoms in total. The fourth-order valence-electron chi connectivity index (χ4n) is 1.99. The lowest BCUT2D eigenvalue weighted by Gasteiger charge is -2.01. The topological polar surface area (TPSA) is 24.9 Å². The monoisotopic (exact) mass is 276 g/mol. The standard InChI is InChI=1S/C12H15F3N2S/c13-12(14,15)5-10-17-11(7-1-2-7)9(18-10)6-16-8-3-4-8/h7-8,16H,1-6H2. The Hall–Kier alpha value is -0.620. The number of aromatic nitrogens is 1. The molecule has 0 saturated heterocycles. The van der Waals surface area contributed by atoms with Crippen LogP contribution in [0.25, 0.3) is 0 Å². The number of thiazole rings is 1. The zero-order chi connectivity index (χ0) is 12.8. The number of hydrogen-bond donors (Lipinski definition) is 1. The maximum atomic E-state index is 12.4. The van der Waals surface area contributed by atoms with Crippen molar-refractivity contribution in [3.63, 3.8) is 0 Å². The van der Waals surface area contributed by atoms with E-state index >= 15 is 0 Å². The molecule has 1 N–H and O–H groups in total. The summed E-state index contributed by atoms with van der Waals surface area (Å²) in [6.45, 7) is 0.687. The zero-order valence-corrected chi connectivity index (χ0v) is 10.7. The summed E-state index contributed by atoms with van der Waals surface area (Å²) in [5.41, 5.74) is 0.924. The molecule has 0 spiro atoms. The first kappa shape index (κ1) is 12.4. The number of alkyl halides is 3. The Balaban J connectivity index is 1.72. The lowest BCUT2D eigenvalue weighted by atomic mass is 10.2. The van der Waals surface area contributed by atoms with Gasteiger partial charge in [0.2, 0.25) is 0 Å². The molecule has 100 valence electrons. The second kappa shape index (κ2) is 4.49. The minimum atomic E-state index is -4.15. The summed E-state index contributed by atoms with van der Waals surface area (Å²) in [5.74, 6) is 0.416. The number of nitrogens with one attached hydrogen (secondary N) is 1. The minimum Gasteiger partial charge on any atom is -0.309 e. The molecular formula is C12H15F3N2S. The molecule has 0 bridgehead atoms. The van der Waals surface area contributed by atoms with Crippen LogP contribution < -0.4 is 5.32 Å². The van der Waals surface area contributed by atoms with Gasteiger partial charge in [0.25, 0.3) is 0 Å². The van der Waals surface area contributed by atoms with Crippen molar-refractivity contribution < 1.29 is 13.2 Å². The summed E-state index contributed by atoms with van der Waals surface area (Å²) in [6, 6.07) is 0.574. The average Bonchev–Trinajstić information content (AvgIpc) is 3.14. The molecule has 2 aliphatic rings. The van der Waals surface area contributed by atoms with E-state index in [-0.39, 0.29) is 5.01 Å². The maximum Gasteiger partial charge on any atom is 0.395 e. The fourth-order valence-corrected chi connectivity index (χ4v) is 3.12. The number of nitrogens with zero attached hydrogens (tertiary/aromatic N) is 1. The third kappa shape index (κ3) is 3.23. The summed E-state index contributed by atoms with van der Waals surface area (Å²) in [7, 11) is 0. The van der Waals surface area contributed by atoms with Crippen molar-refractivity contribution in [1.29, 1.82) is 0 Å². The van der Waals surface area contributed by atoms with Gasteiger partial charge in [0, 0.05) is 23.4 Å². The largest absolute Gasteiger partial charge is 0.395 e. The van der Waals surface area contributed by atoms with Crippen LogP contribution in [0.5, 0.6) is 0 Å². The molecule has 0 aromatic carbocycles. The molecule has 18 heavy (non-hydrogen) atoms.